The van der Waals surface area contributed by atoms with Crippen molar-refractivity contribution in [3.05, 3.63) is 35.7 Å². The van der Waals surface area contributed by atoms with Gasteiger partial charge in [0.1, 0.15) is 22.2 Å². The Bertz CT molecular complexity index is 477. The van der Waals surface area contributed by atoms with Gasteiger partial charge in [-0.25, -0.2) is 15.0 Å². The second-order valence-corrected chi connectivity index (χ2v) is 4.09. The zero-order valence-electron chi connectivity index (χ0n) is 7.59. The van der Waals surface area contributed by atoms with Crippen LogP contribution >= 0.6 is 23.4 Å². The molecular formula is C9H7ClN4S. The maximum Gasteiger partial charge on any atom is 0.127 e. The van der Waals surface area contributed by atoms with Crippen LogP contribution in [0.15, 0.2) is 40.8 Å². The molecule has 0 saturated heterocycles. The monoisotopic (exact) mass is 238 g/mol. The highest BCUT2D eigenvalue weighted by Crippen LogP contribution is 2.29. The highest BCUT2D eigenvalue weighted by Gasteiger charge is 2.04. The first-order valence-electron chi connectivity index (χ1n) is 4.11. The molecule has 2 aromatic heterocycles. The number of pyridine rings is 1. The molecule has 2 N–H and O–H groups in total. The summed E-state index contributed by atoms with van der Waals surface area (Å²) in [6.45, 7) is 0. The third kappa shape index (κ3) is 2.57. The fourth-order valence-electron chi connectivity index (χ4n) is 0.955. The highest BCUT2D eigenvalue weighted by atomic mass is 35.5. The van der Waals surface area contributed by atoms with E-state index in [4.69, 9.17) is 17.3 Å². The lowest BCUT2D eigenvalue weighted by Gasteiger charge is -2.01. The number of anilines is 1. The van der Waals surface area contributed by atoms with Crippen LogP contribution < -0.4 is 5.73 Å². The van der Waals surface area contributed by atoms with Crippen LogP contribution in [-0.2, 0) is 0 Å². The summed E-state index contributed by atoms with van der Waals surface area (Å²) in [6.07, 6.45) is 3.09. The number of hydrogen-bond acceptors (Lipinski definition) is 5. The Morgan fingerprint density at radius 3 is 2.87 bits per heavy atom. The number of halogens is 1. The van der Waals surface area contributed by atoms with Crippen LogP contribution in [0.2, 0.25) is 5.02 Å². The maximum atomic E-state index is 5.96. The fraction of sp³-hybridized carbons (Fsp3) is 0. The molecule has 0 fully saturated rings. The topological polar surface area (TPSA) is 64.7 Å². The van der Waals surface area contributed by atoms with Crippen molar-refractivity contribution in [2.24, 2.45) is 0 Å². The van der Waals surface area contributed by atoms with Crippen molar-refractivity contribution < 1.29 is 0 Å². The minimum absolute atomic E-state index is 0.430. The number of rotatable bonds is 2. The first kappa shape index (κ1) is 10.2. The molecule has 0 amide bonds. The molecule has 15 heavy (non-hydrogen) atoms. The second-order valence-electron chi connectivity index (χ2n) is 2.67. The summed E-state index contributed by atoms with van der Waals surface area (Å²) in [5, 5.41) is 2.03. The van der Waals surface area contributed by atoms with Crippen molar-refractivity contribution in [2.45, 2.75) is 10.1 Å². The summed E-state index contributed by atoms with van der Waals surface area (Å²) in [5.74, 6) is 0.430. The van der Waals surface area contributed by atoms with Gasteiger partial charge in [0.15, 0.2) is 0 Å². The van der Waals surface area contributed by atoms with Crippen LogP contribution in [0.25, 0.3) is 0 Å². The van der Waals surface area contributed by atoms with Crippen LogP contribution in [0, 0.1) is 0 Å². The number of aromatic nitrogens is 3. The summed E-state index contributed by atoms with van der Waals surface area (Å²) in [7, 11) is 0. The van der Waals surface area contributed by atoms with E-state index in [1.54, 1.807) is 24.4 Å². The molecule has 2 aromatic rings. The van der Waals surface area contributed by atoms with E-state index in [-0.39, 0.29) is 0 Å². The van der Waals surface area contributed by atoms with E-state index in [2.05, 4.69) is 15.0 Å². The first-order chi connectivity index (χ1) is 7.25. The Morgan fingerprint density at radius 2 is 2.13 bits per heavy atom. The highest BCUT2D eigenvalue weighted by molar-refractivity contribution is 7.99. The van der Waals surface area contributed by atoms with Gasteiger partial charge in [-0.2, -0.15) is 0 Å². The van der Waals surface area contributed by atoms with Gasteiger partial charge >= 0.3 is 0 Å². The van der Waals surface area contributed by atoms with E-state index >= 15 is 0 Å². The molecule has 0 aromatic carbocycles. The largest absolute Gasteiger partial charge is 0.384 e. The molecule has 0 aliphatic rings. The van der Waals surface area contributed by atoms with E-state index in [9.17, 15) is 0 Å². The van der Waals surface area contributed by atoms with Gasteiger partial charge < -0.3 is 5.73 Å². The second kappa shape index (κ2) is 4.46. The molecule has 4 nitrogen and oxygen atoms in total. The summed E-state index contributed by atoms with van der Waals surface area (Å²) in [6, 6.07) is 5.23. The molecule has 2 heterocycles. The third-order valence-corrected chi connectivity index (χ3v) is 2.96. The number of nitrogen functional groups attached to an aromatic ring is 1. The van der Waals surface area contributed by atoms with Crippen molar-refractivity contribution in [1.82, 2.24) is 15.0 Å². The summed E-state index contributed by atoms with van der Waals surface area (Å²) in [4.78, 5) is 12.0. The Balaban J connectivity index is 2.26. The molecule has 0 atom stereocenters. The Labute approximate surface area is 95.9 Å². The Morgan fingerprint density at radius 1 is 1.27 bits per heavy atom. The molecule has 2 rings (SSSR count). The summed E-state index contributed by atoms with van der Waals surface area (Å²) in [5.41, 5.74) is 5.53. The number of hydrogen-bond donors (Lipinski definition) is 1. The molecule has 6 heteroatoms. The van der Waals surface area contributed by atoms with Gasteiger partial charge in [0.05, 0.1) is 5.02 Å². The zero-order valence-corrected chi connectivity index (χ0v) is 9.16. The van der Waals surface area contributed by atoms with Crippen molar-refractivity contribution in [3.63, 3.8) is 0 Å². The normalized spacial score (nSPS) is 10.2. The first-order valence-corrected chi connectivity index (χ1v) is 5.31. The number of nitrogens with zero attached hydrogens (tertiary/aromatic N) is 3. The van der Waals surface area contributed by atoms with Gasteiger partial charge in [-0.3, -0.25) is 0 Å². The van der Waals surface area contributed by atoms with Crippen LogP contribution in [0.5, 0.6) is 0 Å². The van der Waals surface area contributed by atoms with Gasteiger partial charge in [-0.15, -0.1) is 0 Å². The molecular weight excluding hydrogens is 232 g/mol. The van der Waals surface area contributed by atoms with Crippen molar-refractivity contribution in [1.29, 1.82) is 0 Å². The Kier molecular flexibility index (Phi) is 3.03. The average Bonchev–Trinajstić information content (AvgIpc) is 2.22. The van der Waals surface area contributed by atoms with Crippen LogP contribution in [0.4, 0.5) is 5.82 Å². The smallest absolute Gasteiger partial charge is 0.127 e. The molecule has 76 valence electrons. The van der Waals surface area contributed by atoms with E-state index in [1.165, 1.54) is 18.1 Å². The van der Waals surface area contributed by atoms with E-state index in [0.717, 1.165) is 5.03 Å². The predicted octanol–water partition coefficient (Wildman–Crippen LogP) is 2.26. The van der Waals surface area contributed by atoms with Gasteiger partial charge in [0.2, 0.25) is 0 Å². The van der Waals surface area contributed by atoms with E-state index in [0.29, 0.717) is 15.9 Å². The molecule has 0 unspecified atom stereocenters. The lowest BCUT2D eigenvalue weighted by atomic mass is 10.5. The lowest BCUT2D eigenvalue weighted by molar-refractivity contribution is 1.04. The van der Waals surface area contributed by atoms with Gasteiger partial charge in [-0.1, -0.05) is 11.6 Å². The van der Waals surface area contributed by atoms with Crippen LogP contribution in [0.1, 0.15) is 0 Å². The molecule has 0 bridgehead atoms. The minimum Gasteiger partial charge on any atom is -0.384 e. The lowest BCUT2D eigenvalue weighted by Crippen LogP contribution is -1.91. The van der Waals surface area contributed by atoms with Crippen molar-refractivity contribution >= 4 is 29.2 Å². The predicted molar refractivity (Wildman–Crippen MR) is 59.8 cm³/mol. The van der Waals surface area contributed by atoms with E-state index in [1.807, 2.05) is 0 Å². The minimum atomic E-state index is 0.430. The van der Waals surface area contributed by atoms with Crippen LogP contribution in [-0.4, -0.2) is 15.0 Å². The average molecular weight is 239 g/mol. The van der Waals surface area contributed by atoms with Gasteiger partial charge in [-0.05, 0) is 23.9 Å². The molecule has 0 aliphatic heterocycles. The molecule has 0 radical (unpaired) electrons. The van der Waals surface area contributed by atoms with Crippen LogP contribution in [0.3, 0.4) is 0 Å². The zero-order chi connectivity index (χ0) is 10.7. The molecule has 0 saturated carbocycles. The van der Waals surface area contributed by atoms with E-state index < -0.39 is 0 Å². The van der Waals surface area contributed by atoms with Crippen molar-refractivity contribution in [3.8, 4) is 0 Å². The fourth-order valence-corrected chi connectivity index (χ4v) is 1.95. The summed E-state index contributed by atoms with van der Waals surface area (Å²) < 4.78 is 0. The van der Waals surface area contributed by atoms with Gasteiger partial charge in [0, 0.05) is 12.3 Å². The maximum absolute atomic E-state index is 5.96. The molecule has 0 spiro atoms. The third-order valence-electron chi connectivity index (χ3n) is 1.59. The van der Waals surface area contributed by atoms with Gasteiger partial charge in [0.25, 0.3) is 0 Å². The SMILES string of the molecule is Nc1cc(Sc2ncccc2Cl)ncn1. The van der Waals surface area contributed by atoms with Crippen molar-refractivity contribution in [2.75, 3.05) is 5.73 Å². The standard InChI is InChI=1S/C9H7ClN4S/c10-6-2-1-3-12-9(6)15-8-4-7(11)13-5-14-8/h1-5H,(H2,11,13,14). The molecule has 0 aliphatic carbocycles. The number of nitrogens with two attached hydrogens (primary N) is 1. The summed E-state index contributed by atoms with van der Waals surface area (Å²) >= 11 is 7.31. The quantitative estimate of drug-likeness (QED) is 0.813. The Hall–Kier alpha value is -1.33.